The van der Waals surface area contributed by atoms with Crippen molar-refractivity contribution in [3.63, 3.8) is 0 Å². The van der Waals surface area contributed by atoms with Gasteiger partial charge in [0.1, 0.15) is 5.75 Å². The quantitative estimate of drug-likeness (QED) is 0.886. The number of hydrogen-bond donors (Lipinski definition) is 2. The lowest BCUT2D eigenvalue weighted by Gasteiger charge is -2.25. The van der Waals surface area contributed by atoms with Crippen molar-refractivity contribution in [1.29, 1.82) is 0 Å². The second-order valence-corrected chi connectivity index (χ2v) is 5.09. The normalized spacial score (nSPS) is 22.1. The van der Waals surface area contributed by atoms with Crippen molar-refractivity contribution >= 4 is 17.6 Å². The minimum Gasteiger partial charge on any atom is -0.495 e. The number of carboxylic acids is 1. The van der Waals surface area contributed by atoms with E-state index in [1.807, 2.05) is 12.1 Å². The highest BCUT2D eigenvalue weighted by Crippen LogP contribution is 2.31. The number of carbonyl (C=O) groups is 2. The number of hydrogen-bond acceptors (Lipinski definition) is 3. The van der Waals surface area contributed by atoms with Crippen molar-refractivity contribution in [2.24, 2.45) is 11.8 Å². The van der Waals surface area contributed by atoms with Gasteiger partial charge in [0.25, 0.3) is 0 Å². The standard InChI is InChI=1S/C15H19NO4/c1-20-13-8-3-2-7-12(13)16-14(17)10-5-4-6-11(9-10)15(18)19/h2-3,7-8,10-11H,4-6,9H2,1H3,(H,16,17)(H,18,19). The smallest absolute Gasteiger partial charge is 0.306 e. The number of carboxylic acid groups (broad SMARTS) is 1. The van der Waals surface area contributed by atoms with Crippen molar-refractivity contribution in [3.05, 3.63) is 24.3 Å². The molecule has 2 N–H and O–H groups in total. The molecule has 5 nitrogen and oxygen atoms in total. The maximum atomic E-state index is 12.2. The van der Waals surface area contributed by atoms with Crippen LogP contribution in [0.1, 0.15) is 25.7 Å². The van der Waals surface area contributed by atoms with Crippen LogP contribution in [0.5, 0.6) is 5.75 Å². The van der Waals surface area contributed by atoms with Crippen LogP contribution in [-0.4, -0.2) is 24.1 Å². The summed E-state index contributed by atoms with van der Waals surface area (Å²) in [6.45, 7) is 0. The molecule has 1 aliphatic carbocycles. The zero-order chi connectivity index (χ0) is 14.5. The molecule has 0 aliphatic heterocycles. The van der Waals surface area contributed by atoms with Crippen LogP contribution in [0.4, 0.5) is 5.69 Å². The molecule has 5 heteroatoms. The number of methoxy groups -OCH3 is 1. The number of aliphatic carboxylic acids is 1. The van der Waals surface area contributed by atoms with Crippen LogP contribution in [0.15, 0.2) is 24.3 Å². The van der Waals surface area contributed by atoms with Gasteiger partial charge in [0, 0.05) is 5.92 Å². The molecule has 0 bridgehead atoms. The minimum atomic E-state index is -0.806. The Labute approximate surface area is 117 Å². The Bertz CT molecular complexity index is 500. The summed E-state index contributed by atoms with van der Waals surface area (Å²) in [5.74, 6) is -0.974. The summed E-state index contributed by atoms with van der Waals surface area (Å²) in [7, 11) is 1.55. The number of nitrogens with one attached hydrogen (secondary N) is 1. The molecule has 20 heavy (non-hydrogen) atoms. The molecule has 0 radical (unpaired) electrons. The maximum Gasteiger partial charge on any atom is 0.306 e. The van der Waals surface area contributed by atoms with Crippen LogP contribution in [0.25, 0.3) is 0 Å². The Morgan fingerprint density at radius 1 is 1.25 bits per heavy atom. The fourth-order valence-electron chi connectivity index (χ4n) is 2.63. The summed E-state index contributed by atoms with van der Waals surface area (Å²) in [4.78, 5) is 23.3. The number of amides is 1. The number of ether oxygens (including phenoxy) is 1. The Morgan fingerprint density at radius 3 is 2.65 bits per heavy atom. The lowest BCUT2D eigenvalue weighted by Crippen LogP contribution is -2.31. The largest absolute Gasteiger partial charge is 0.495 e. The Balaban J connectivity index is 2.02. The van der Waals surface area contributed by atoms with Gasteiger partial charge in [0.05, 0.1) is 18.7 Å². The van der Waals surface area contributed by atoms with Gasteiger partial charge in [-0.05, 0) is 31.4 Å². The number of benzene rings is 1. The first kappa shape index (κ1) is 14.4. The first-order valence-corrected chi connectivity index (χ1v) is 6.78. The van der Waals surface area contributed by atoms with Gasteiger partial charge in [-0.25, -0.2) is 0 Å². The molecular weight excluding hydrogens is 258 g/mol. The Kier molecular flexibility index (Phi) is 4.61. The van der Waals surface area contributed by atoms with Gasteiger partial charge in [-0.2, -0.15) is 0 Å². The third-order valence-electron chi connectivity index (χ3n) is 3.76. The van der Waals surface area contributed by atoms with Crippen molar-refractivity contribution in [2.45, 2.75) is 25.7 Å². The van der Waals surface area contributed by atoms with Crippen LogP contribution in [-0.2, 0) is 9.59 Å². The van der Waals surface area contributed by atoms with Crippen molar-refractivity contribution in [3.8, 4) is 5.75 Å². The highest BCUT2D eigenvalue weighted by molar-refractivity contribution is 5.94. The third kappa shape index (κ3) is 3.29. The third-order valence-corrected chi connectivity index (χ3v) is 3.76. The predicted molar refractivity (Wildman–Crippen MR) is 74.7 cm³/mol. The molecule has 2 rings (SSSR count). The molecule has 1 aliphatic rings. The molecule has 1 aromatic rings. The molecule has 0 saturated heterocycles. The molecule has 1 aromatic carbocycles. The molecule has 0 aromatic heterocycles. The lowest BCUT2D eigenvalue weighted by molar-refractivity contribution is -0.143. The Morgan fingerprint density at radius 2 is 1.95 bits per heavy atom. The van der Waals surface area contributed by atoms with Gasteiger partial charge in [0.15, 0.2) is 0 Å². The van der Waals surface area contributed by atoms with Gasteiger partial charge in [0.2, 0.25) is 5.91 Å². The van der Waals surface area contributed by atoms with E-state index in [4.69, 9.17) is 9.84 Å². The minimum absolute atomic E-state index is 0.125. The van der Waals surface area contributed by atoms with Gasteiger partial charge in [-0.3, -0.25) is 9.59 Å². The fraction of sp³-hybridized carbons (Fsp3) is 0.467. The summed E-state index contributed by atoms with van der Waals surface area (Å²) in [6, 6.07) is 7.19. The van der Waals surface area contributed by atoms with E-state index in [0.29, 0.717) is 24.3 Å². The molecule has 108 valence electrons. The molecule has 1 amide bonds. The monoisotopic (exact) mass is 277 g/mol. The average Bonchev–Trinajstić information content (AvgIpc) is 2.48. The second-order valence-electron chi connectivity index (χ2n) is 5.09. The molecular formula is C15H19NO4. The van der Waals surface area contributed by atoms with E-state index in [2.05, 4.69) is 5.32 Å². The molecule has 0 spiro atoms. The van der Waals surface area contributed by atoms with Crippen molar-refractivity contribution in [2.75, 3.05) is 12.4 Å². The molecule has 1 saturated carbocycles. The van der Waals surface area contributed by atoms with E-state index in [-0.39, 0.29) is 11.8 Å². The molecule has 1 fully saturated rings. The van der Waals surface area contributed by atoms with Gasteiger partial charge in [-0.1, -0.05) is 18.6 Å². The number of carbonyl (C=O) groups excluding carboxylic acids is 1. The number of anilines is 1. The zero-order valence-corrected chi connectivity index (χ0v) is 11.5. The van der Waals surface area contributed by atoms with Crippen LogP contribution in [0.3, 0.4) is 0 Å². The van der Waals surface area contributed by atoms with Crippen molar-refractivity contribution in [1.82, 2.24) is 0 Å². The van der Waals surface area contributed by atoms with Crippen LogP contribution in [0, 0.1) is 11.8 Å². The van der Waals surface area contributed by atoms with Crippen LogP contribution in [0.2, 0.25) is 0 Å². The Hall–Kier alpha value is -2.04. The van der Waals surface area contributed by atoms with E-state index in [9.17, 15) is 9.59 Å². The highest BCUT2D eigenvalue weighted by atomic mass is 16.5. The predicted octanol–water partition coefficient (Wildman–Crippen LogP) is 2.52. The fourth-order valence-corrected chi connectivity index (χ4v) is 2.63. The lowest BCUT2D eigenvalue weighted by atomic mass is 9.81. The zero-order valence-electron chi connectivity index (χ0n) is 11.5. The first-order valence-electron chi connectivity index (χ1n) is 6.78. The summed E-state index contributed by atoms with van der Waals surface area (Å²) < 4.78 is 5.18. The van der Waals surface area contributed by atoms with Crippen LogP contribution >= 0.6 is 0 Å². The van der Waals surface area contributed by atoms with E-state index in [0.717, 1.165) is 12.8 Å². The summed E-state index contributed by atoms with van der Waals surface area (Å²) in [5.41, 5.74) is 0.623. The average molecular weight is 277 g/mol. The molecule has 0 heterocycles. The van der Waals surface area contributed by atoms with E-state index in [1.54, 1.807) is 19.2 Å². The number of para-hydroxylation sites is 2. The summed E-state index contributed by atoms with van der Waals surface area (Å²) >= 11 is 0. The highest BCUT2D eigenvalue weighted by Gasteiger charge is 2.31. The SMILES string of the molecule is COc1ccccc1NC(=O)C1CCCC(C(=O)O)C1. The van der Waals surface area contributed by atoms with Crippen LogP contribution < -0.4 is 10.1 Å². The topological polar surface area (TPSA) is 75.6 Å². The maximum absolute atomic E-state index is 12.2. The van der Waals surface area contributed by atoms with Gasteiger partial charge >= 0.3 is 5.97 Å². The van der Waals surface area contributed by atoms with E-state index >= 15 is 0 Å². The first-order chi connectivity index (χ1) is 9.61. The molecule has 2 unspecified atom stereocenters. The van der Waals surface area contributed by atoms with Gasteiger partial charge < -0.3 is 15.2 Å². The summed E-state index contributed by atoms with van der Waals surface area (Å²) in [5, 5.41) is 11.9. The number of rotatable bonds is 4. The summed E-state index contributed by atoms with van der Waals surface area (Å²) in [6.07, 6.45) is 2.59. The molecule has 2 atom stereocenters. The van der Waals surface area contributed by atoms with E-state index in [1.165, 1.54) is 0 Å². The second kappa shape index (κ2) is 6.41. The van der Waals surface area contributed by atoms with Crippen molar-refractivity contribution < 1.29 is 19.4 Å². The van der Waals surface area contributed by atoms with E-state index < -0.39 is 11.9 Å². The van der Waals surface area contributed by atoms with Gasteiger partial charge in [-0.15, -0.1) is 0 Å².